The smallest absolute Gasteiger partial charge is 0.129 e. The Labute approximate surface area is 346 Å². The highest BCUT2D eigenvalue weighted by molar-refractivity contribution is 6.31. The largest absolute Gasteiger partial charge is 0.374 e. The van der Waals surface area contributed by atoms with Crippen LogP contribution in [0, 0.1) is 0 Å². The van der Waals surface area contributed by atoms with Gasteiger partial charge in [-0.1, -0.05) is 170 Å². The zero-order valence-corrected chi connectivity index (χ0v) is 33.6. The molecule has 7 heteroatoms. The lowest BCUT2D eigenvalue weighted by atomic mass is 9.79. The molecular formula is C51H50ClFO5. The number of halogens is 2. The van der Waals surface area contributed by atoms with Gasteiger partial charge >= 0.3 is 0 Å². The van der Waals surface area contributed by atoms with Crippen molar-refractivity contribution in [3.63, 3.8) is 0 Å². The van der Waals surface area contributed by atoms with Crippen molar-refractivity contribution < 1.29 is 28.1 Å². The fraction of sp³-hybridized carbons (Fsp3) is 0.294. The minimum absolute atomic E-state index is 0.0263. The van der Waals surface area contributed by atoms with Crippen LogP contribution in [0.3, 0.4) is 0 Å². The predicted molar refractivity (Wildman–Crippen MR) is 226 cm³/mol. The molecule has 58 heavy (non-hydrogen) atoms. The van der Waals surface area contributed by atoms with E-state index in [0.717, 1.165) is 45.4 Å². The molecule has 0 aromatic heterocycles. The van der Waals surface area contributed by atoms with Crippen molar-refractivity contribution in [1.82, 2.24) is 0 Å². The van der Waals surface area contributed by atoms with Gasteiger partial charge in [0.2, 0.25) is 0 Å². The van der Waals surface area contributed by atoms with Gasteiger partial charge in [0.1, 0.15) is 36.2 Å². The summed E-state index contributed by atoms with van der Waals surface area (Å²) in [5.74, 6) is 0. The van der Waals surface area contributed by atoms with Crippen LogP contribution in [0.1, 0.15) is 69.6 Å². The molecule has 2 aliphatic rings. The molecule has 0 saturated carbocycles. The van der Waals surface area contributed by atoms with Crippen molar-refractivity contribution in [2.45, 2.75) is 88.8 Å². The summed E-state index contributed by atoms with van der Waals surface area (Å²) < 4.78 is 51.7. The van der Waals surface area contributed by atoms with Crippen LogP contribution in [0.2, 0.25) is 5.02 Å². The highest BCUT2D eigenvalue weighted by Gasteiger charge is 2.61. The molecule has 0 amide bonds. The molecule has 6 atom stereocenters. The molecule has 8 rings (SSSR count). The molecule has 0 radical (unpaired) electrons. The van der Waals surface area contributed by atoms with E-state index in [4.69, 9.17) is 35.3 Å². The third-order valence-corrected chi connectivity index (χ3v) is 11.7. The van der Waals surface area contributed by atoms with Crippen LogP contribution in [-0.4, -0.2) is 31.0 Å². The van der Waals surface area contributed by atoms with E-state index in [-0.39, 0.29) is 19.6 Å². The summed E-state index contributed by atoms with van der Waals surface area (Å²) >= 11 is 7.01. The number of hydrogen-bond donors (Lipinski definition) is 0. The van der Waals surface area contributed by atoms with E-state index < -0.39 is 36.2 Å². The van der Waals surface area contributed by atoms with Gasteiger partial charge in [-0.15, -0.1) is 0 Å². The SMILES string of the molecule is CCc1ccc(Cc2cc3c(cc2Cl)C(F)C[C@]32O[C@H](COCc3ccccc3)[C@@H](OCc3ccccc3)[C@H](OCc3ccccc3)[C@H]2OCc2ccccc2)cc1. The highest BCUT2D eigenvalue weighted by atomic mass is 35.5. The van der Waals surface area contributed by atoms with Crippen molar-refractivity contribution in [3.05, 3.63) is 213 Å². The molecule has 298 valence electrons. The van der Waals surface area contributed by atoms with Gasteiger partial charge in [0.05, 0.1) is 33.0 Å². The Balaban J connectivity index is 1.23. The molecule has 1 aliphatic heterocycles. The number of alkyl halides is 1. The van der Waals surface area contributed by atoms with Crippen molar-refractivity contribution in [2.24, 2.45) is 0 Å². The zero-order valence-electron chi connectivity index (χ0n) is 32.9. The van der Waals surface area contributed by atoms with E-state index in [2.05, 4.69) is 31.2 Å². The van der Waals surface area contributed by atoms with Gasteiger partial charge in [0.15, 0.2) is 0 Å². The van der Waals surface area contributed by atoms with Gasteiger partial charge in [-0.25, -0.2) is 4.39 Å². The van der Waals surface area contributed by atoms with Crippen molar-refractivity contribution in [2.75, 3.05) is 6.61 Å². The van der Waals surface area contributed by atoms with Gasteiger partial charge in [0.25, 0.3) is 0 Å². The Bertz CT molecular complexity index is 2190. The molecular weight excluding hydrogens is 747 g/mol. The second kappa shape index (κ2) is 18.9. The van der Waals surface area contributed by atoms with E-state index in [9.17, 15) is 0 Å². The molecule has 5 nitrogen and oxygen atoms in total. The van der Waals surface area contributed by atoms with Crippen LogP contribution >= 0.6 is 11.6 Å². The van der Waals surface area contributed by atoms with Crippen LogP contribution < -0.4 is 0 Å². The Kier molecular flexibility index (Phi) is 13.1. The summed E-state index contributed by atoms with van der Waals surface area (Å²) in [5.41, 5.74) is 7.29. The third kappa shape index (κ3) is 9.29. The number of hydrogen-bond acceptors (Lipinski definition) is 5. The zero-order chi connectivity index (χ0) is 39.7. The van der Waals surface area contributed by atoms with Crippen molar-refractivity contribution >= 4 is 11.6 Å². The van der Waals surface area contributed by atoms with E-state index >= 15 is 4.39 Å². The fourth-order valence-corrected chi connectivity index (χ4v) is 8.57. The lowest BCUT2D eigenvalue weighted by molar-refractivity contribution is -0.314. The summed E-state index contributed by atoms with van der Waals surface area (Å²) in [7, 11) is 0. The molecule has 1 heterocycles. The van der Waals surface area contributed by atoms with Gasteiger partial charge < -0.3 is 23.7 Å². The first-order valence-corrected chi connectivity index (χ1v) is 20.7. The van der Waals surface area contributed by atoms with Gasteiger partial charge in [-0.05, 0) is 69.0 Å². The minimum atomic E-state index is -1.35. The van der Waals surface area contributed by atoms with Crippen molar-refractivity contribution in [1.29, 1.82) is 0 Å². The number of ether oxygens (including phenoxy) is 5. The van der Waals surface area contributed by atoms with Crippen LogP contribution in [0.15, 0.2) is 158 Å². The molecule has 6 aromatic rings. The summed E-state index contributed by atoms with van der Waals surface area (Å²) in [5, 5.41) is 0.527. The van der Waals surface area contributed by atoms with E-state index in [1.54, 1.807) is 6.07 Å². The standard InChI is InChI=1S/C51H50ClFO5/c1-2-36-23-25-37(26-24-36)27-42-28-44-43(29-45(42)52)46(53)30-51(44)50(57-34-41-21-13-6-14-22-41)49(56-33-40-19-11-5-12-20-40)48(55-32-39-17-9-4-10-18-39)47(58-51)35-54-31-38-15-7-3-8-16-38/h3-26,28-29,46-50H,2,27,30-35H2,1H3/t46?,47-,48-,49+,50-,51+/m1/s1. The molecule has 1 unspecified atom stereocenters. The summed E-state index contributed by atoms with van der Waals surface area (Å²) in [4.78, 5) is 0. The quantitative estimate of drug-likeness (QED) is 0.0976. The Morgan fingerprint density at radius 2 is 1.10 bits per heavy atom. The van der Waals surface area contributed by atoms with Gasteiger partial charge in [-0.2, -0.15) is 0 Å². The van der Waals surface area contributed by atoms with E-state index in [1.807, 2.05) is 127 Å². The lowest BCUT2D eigenvalue weighted by Gasteiger charge is -2.52. The maximum Gasteiger partial charge on any atom is 0.129 e. The average Bonchev–Trinajstić information content (AvgIpc) is 3.53. The Morgan fingerprint density at radius 3 is 1.66 bits per heavy atom. The van der Waals surface area contributed by atoms with Gasteiger partial charge in [-0.3, -0.25) is 0 Å². The monoisotopic (exact) mass is 796 g/mol. The molecule has 1 aliphatic carbocycles. The van der Waals surface area contributed by atoms with E-state index in [1.165, 1.54) is 5.56 Å². The summed E-state index contributed by atoms with van der Waals surface area (Å²) in [6.45, 7) is 3.57. The average molecular weight is 797 g/mol. The van der Waals surface area contributed by atoms with Crippen LogP contribution in [-0.2, 0) is 68.6 Å². The van der Waals surface area contributed by atoms with Crippen LogP contribution in [0.25, 0.3) is 0 Å². The molecule has 0 bridgehead atoms. The number of aryl methyl sites for hydroxylation is 1. The van der Waals surface area contributed by atoms with Crippen LogP contribution in [0.5, 0.6) is 0 Å². The second-order valence-corrected chi connectivity index (χ2v) is 15.7. The topological polar surface area (TPSA) is 46.2 Å². The summed E-state index contributed by atoms with van der Waals surface area (Å²) in [6, 6.07) is 52.6. The summed E-state index contributed by atoms with van der Waals surface area (Å²) in [6.07, 6.45) is -2.54. The maximum atomic E-state index is 16.9. The number of benzene rings is 6. The number of rotatable bonds is 16. The first-order chi connectivity index (χ1) is 28.5. The first kappa shape index (κ1) is 40.1. The molecule has 1 spiro atoms. The van der Waals surface area contributed by atoms with Crippen molar-refractivity contribution in [3.8, 4) is 0 Å². The number of fused-ring (bicyclic) bond motifs is 2. The Hall–Kier alpha value is -4.66. The molecule has 0 N–H and O–H groups in total. The predicted octanol–water partition coefficient (Wildman–Crippen LogP) is 11.5. The fourth-order valence-electron chi connectivity index (χ4n) is 8.33. The van der Waals surface area contributed by atoms with Gasteiger partial charge in [0, 0.05) is 11.4 Å². The maximum absolute atomic E-state index is 16.9. The normalized spacial score (nSPS) is 22.6. The molecule has 1 fully saturated rings. The third-order valence-electron chi connectivity index (χ3n) is 11.4. The van der Waals surface area contributed by atoms with E-state index in [0.29, 0.717) is 36.8 Å². The first-order valence-electron chi connectivity index (χ1n) is 20.3. The minimum Gasteiger partial charge on any atom is -0.374 e. The Morgan fingerprint density at radius 1 is 0.603 bits per heavy atom. The molecule has 1 saturated heterocycles. The lowest BCUT2D eigenvalue weighted by Crippen LogP contribution is -2.65. The van der Waals surface area contributed by atoms with Crippen LogP contribution in [0.4, 0.5) is 4.39 Å². The highest BCUT2D eigenvalue weighted by Crippen LogP contribution is 2.56. The molecule has 6 aromatic carbocycles. The second-order valence-electron chi connectivity index (χ2n) is 15.3.